The fourth-order valence-electron chi connectivity index (χ4n) is 1.66. The highest BCUT2D eigenvalue weighted by Crippen LogP contribution is 2.15. The van der Waals surface area contributed by atoms with Crippen LogP contribution in [0.25, 0.3) is 0 Å². The zero-order valence-corrected chi connectivity index (χ0v) is 12.4. The highest BCUT2D eigenvalue weighted by atomic mass is 32.1. The van der Waals surface area contributed by atoms with E-state index in [1.807, 2.05) is 48.5 Å². The van der Waals surface area contributed by atoms with Gasteiger partial charge in [0.25, 0.3) is 0 Å². The molecule has 2 N–H and O–H groups in total. The average molecular weight is 290 g/mol. The predicted octanol–water partition coefficient (Wildman–Crippen LogP) is 2.33. The largest absolute Gasteiger partial charge is 0.395 e. The first-order valence-electron chi connectivity index (χ1n) is 6.32. The summed E-state index contributed by atoms with van der Waals surface area (Å²) in [6, 6.07) is 7.98. The maximum Gasteiger partial charge on any atom is 0.203 e. The van der Waals surface area contributed by atoms with E-state index in [0.29, 0.717) is 6.54 Å². The van der Waals surface area contributed by atoms with Crippen LogP contribution < -0.4 is 10.3 Å². The van der Waals surface area contributed by atoms with Crippen molar-refractivity contribution in [2.24, 2.45) is 5.10 Å². The van der Waals surface area contributed by atoms with Crippen molar-refractivity contribution in [1.82, 2.24) is 4.98 Å². The monoisotopic (exact) mass is 290 g/mol. The summed E-state index contributed by atoms with van der Waals surface area (Å²) < 4.78 is 0. The molecule has 0 aliphatic rings. The molecule has 0 saturated heterocycles. The van der Waals surface area contributed by atoms with E-state index in [9.17, 15) is 0 Å². The lowest BCUT2D eigenvalue weighted by Gasteiger charge is -2.17. The van der Waals surface area contributed by atoms with Gasteiger partial charge >= 0.3 is 0 Å². The number of aliphatic hydroxyl groups is 1. The smallest absolute Gasteiger partial charge is 0.203 e. The zero-order chi connectivity index (χ0) is 14.4. The number of thiazole rings is 1. The molecule has 0 unspecified atom stereocenters. The summed E-state index contributed by atoms with van der Waals surface area (Å²) >= 11 is 1.53. The van der Waals surface area contributed by atoms with Crippen LogP contribution in [0.1, 0.15) is 11.3 Å². The van der Waals surface area contributed by atoms with Crippen LogP contribution in [0.5, 0.6) is 0 Å². The van der Waals surface area contributed by atoms with Crippen LogP contribution in [0.3, 0.4) is 0 Å². The Labute approximate surface area is 122 Å². The number of nitrogens with one attached hydrogen (secondary N) is 1. The Hall–Kier alpha value is -1.92. The summed E-state index contributed by atoms with van der Waals surface area (Å²) in [5, 5.41) is 15.8. The van der Waals surface area contributed by atoms with Gasteiger partial charge in [-0.1, -0.05) is 12.1 Å². The lowest BCUT2D eigenvalue weighted by atomic mass is 10.2. The molecule has 0 atom stereocenters. The van der Waals surface area contributed by atoms with Gasteiger partial charge in [-0.25, -0.2) is 4.98 Å². The fraction of sp³-hybridized carbons (Fsp3) is 0.286. The molecule has 106 valence electrons. The van der Waals surface area contributed by atoms with Crippen LogP contribution in [0.15, 0.2) is 34.7 Å². The minimum atomic E-state index is 0.150. The minimum absolute atomic E-state index is 0.150. The van der Waals surface area contributed by atoms with Crippen LogP contribution in [0, 0.1) is 6.92 Å². The highest BCUT2D eigenvalue weighted by molar-refractivity contribution is 7.13. The molecule has 1 aromatic carbocycles. The lowest BCUT2D eigenvalue weighted by Crippen LogP contribution is -2.20. The van der Waals surface area contributed by atoms with Gasteiger partial charge in [0, 0.05) is 24.7 Å². The average Bonchev–Trinajstić information content (AvgIpc) is 2.85. The summed E-state index contributed by atoms with van der Waals surface area (Å²) in [6.07, 6.45) is 1.76. The SMILES string of the molecule is Cc1csc(NN=Cc2ccc(N(C)CCO)cc2)n1. The van der Waals surface area contributed by atoms with Crippen molar-refractivity contribution in [3.63, 3.8) is 0 Å². The molecule has 0 saturated carbocycles. The molecule has 0 spiro atoms. The summed E-state index contributed by atoms with van der Waals surface area (Å²) in [7, 11) is 1.95. The van der Waals surface area contributed by atoms with Crippen molar-refractivity contribution in [2.75, 3.05) is 30.5 Å². The third-order valence-electron chi connectivity index (χ3n) is 2.76. The number of hydrogen-bond acceptors (Lipinski definition) is 6. The van der Waals surface area contributed by atoms with Gasteiger partial charge in [0.15, 0.2) is 0 Å². The third kappa shape index (κ3) is 4.04. The van der Waals surface area contributed by atoms with E-state index in [2.05, 4.69) is 15.5 Å². The number of hydrazone groups is 1. The molecule has 0 aliphatic heterocycles. The summed E-state index contributed by atoms with van der Waals surface area (Å²) in [5.74, 6) is 0. The van der Waals surface area contributed by atoms with Gasteiger partial charge < -0.3 is 10.0 Å². The number of rotatable bonds is 6. The van der Waals surface area contributed by atoms with Gasteiger partial charge in [-0.3, -0.25) is 5.43 Å². The molecular formula is C14H18N4OS. The van der Waals surface area contributed by atoms with Crippen molar-refractivity contribution in [1.29, 1.82) is 0 Å². The van der Waals surface area contributed by atoms with E-state index in [-0.39, 0.29) is 6.61 Å². The van der Waals surface area contributed by atoms with E-state index >= 15 is 0 Å². The highest BCUT2D eigenvalue weighted by Gasteiger charge is 1.99. The Morgan fingerprint density at radius 1 is 1.40 bits per heavy atom. The second kappa shape index (κ2) is 7.02. The number of likely N-dealkylation sites (N-methyl/N-ethyl adjacent to an activating group) is 1. The van der Waals surface area contributed by atoms with E-state index in [1.54, 1.807) is 6.21 Å². The molecule has 2 rings (SSSR count). The molecule has 0 amide bonds. The molecule has 0 radical (unpaired) electrons. The molecule has 1 aromatic heterocycles. The van der Waals surface area contributed by atoms with E-state index < -0.39 is 0 Å². The maximum atomic E-state index is 8.90. The van der Waals surface area contributed by atoms with Crippen molar-refractivity contribution in [3.8, 4) is 0 Å². The topological polar surface area (TPSA) is 60.8 Å². The molecule has 1 heterocycles. The van der Waals surface area contributed by atoms with E-state index in [4.69, 9.17) is 5.11 Å². The zero-order valence-electron chi connectivity index (χ0n) is 11.6. The number of anilines is 2. The number of nitrogens with zero attached hydrogens (tertiary/aromatic N) is 3. The summed E-state index contributed by atoms with van der Waals surface area (Å²) in [5.41, 5.74) is 5.97. The lowest BCUT2D eigenvalue weighted by molar-refractivity contribution is 0.304. The Bertz CT molecular complexity index is 565. The van der Waals surface area contributed by atoms with Crippen molar-refractivity contribution in [3.05, 3.63) is 40.9 Å². The van der Waals surface area contributed by atoms with Crippen LogP contribution in [0.2, 0.25) is 0 Å². The quantitative estimate of drug-likeness (QED) is 0.633. The third-order valence-corrected chi connectivity index (χ3v) is 3.63. The second-order valence-corrected chi connectivity index (χ2v) is 5.26. The summed E-state index contributed by atoms with van der Waals surface area (Å²) in [6.45, 7) is 2.72. The molecule has 0 aliphatic carbocycles. The number of benzene rings is 1. The Morgan fingerprint density at radius 3 is 2.75 bits per heavy atom. The molecule has 20 heavy (non-hydrogen) atoms. The molecule has 6 heteroatoms. The van der Waals surface area contributed by atoms with Crippen LogP contribution in [-0.2, 0) is 0 Å². The van der Waals surface area contributed by atoms with Gasteiger partial charge in [0.2, 0.25) is 5.13 Å². The van der Waals surface area contributed by atoms with Gasteiger partial charge in [-0.05, 0) is 24.6 Å². The predicted molar refractivity (Wildman–Crippen MR) is 84.9 cm³/mol. The van der Waals surface area contributed by atoms with E-state index in [0.717, 1.165) is 22.1 Å². The Morgan fingerprint density at radius 2 is 2.15 bits per heavy atom. The van der Waals surface area contributed by atoms with Gasteiger partial charge in [-0.2, -0.15) is 5.10 Å². The molecule has 2 aromatic rings. The number of aliphatic hydroxyl groups excluding tert-OH is 1. The number of hydrogen-bond donors (Lipinski definition) is 2. The Balaban J connectivity index is 1.93. The number of aryl methyl sites for hydroxylation is 1. The standard InChI is InChI=1S/C14H18N4OS/c1-11-10-20-14(16-11)17-15-9-12-3-5-13(6-4-12)18(2)7-8-19/h3-6,9-10,19H,7-8H2,1-2H3,(H,16,17). The van der Waals surface area contributed by atoms with Crippen molar-refractivity contribution < 1.29 is 5.11 Å². The van der Waals surface area contributed by atoms with Crippen LogP contribution in [0.4, 0.5) is 10.8 Å². The van der Waals surface area contributed by atoms with Gasteiger partial charge in [0.05, 0.1) is 18.5 Å². The minimum Gasteiger partial charge on any atom is -0.395 e. The van der Waals surface area contributed by atoms with Gasteiger partial charge in [-0.15, -0.1) is 11.3 Å². The van der Waals surface area contributed by atoms with E-state index in [1.165, 1.54) is 11.3 Å². The first-order valence-corrected chi connectivity index (χ1v) is 7.20. The van der Waals surface area contributed by atoms with Crippen LogP contribution in [-0.4, -0.2) is 36.5 Å². The van der Waals surface area contributed by atoms with Crippen LogP contribution >= 0.6 is 11.3 Å². The fourth-order valence-corrected chi connectivity index (χ4v) is 2.30. The van der Waals surface area contributed by atoms with Crippen molar-refractivity contribution >= 4 is 28.4 Å². The first-order chi connectivity index (χ1) is 9.69. The molecule has 0 fully saturated rings. The second-order valence-electron chi connectivity index (χ2n) is 4.40. The number of aromatic nitrogens is 1. The van der Waals surface area contributed by atoms with Crippen molar-refractivity contribution in [2.45, 2.75) is 6.92 Å². The molecule has 0 bridgehead atoms. The first kappa shape index (κ1) is 14.5. The maximum absolute atomic E-state index is 8.90. The van der Waals surface area contributed by atoms with Gasteiger partial charge in [0.1, 0.15) is 0 Å². The Kier molecular flexibility index (Phi) is 5.09. The normalized spacial score (nSPS) is 10.9. The molecular weight excluding hydrogens is 272 g/mol. The molecule has 5 nitrogen and oxygen atoms in total. The summed E-state index contributed by atoms with van der Waals surface area (Å²) in [4.78, 5) is 6.26.